The Morgan fingerprint density at radius 2 is 1.66 bits per heavy atom. The molecule has 0 unspecified atom stereocenters. The van der Waals surface area contributed by atoms with Gasteiger partial charge in [-0.25, -0.2) is 4.79 Å². The van der Waals surface area contributed by atoms with E-state index in [1.54, 1.807) is 18.2 Å². The molecule has 3 fully saturated rings. The molecular weight excluding hydrogens is 491 g/mol. The fourth-order valence-corrected chi connectivity index (χ4v) is 6.62. The van der Waals surface area contributed by atoms with E-state index in [-0.39, 0.29) is 40.0 Å². The molecule has 1 saturated heterocycles. The molecule has 2 aromatic carbocycles. The summed E-state index contributed by atoms with van der Waals surface area (Å²) in [4.78, 5) is 52.5. The summed E-state index contributed by atoms with van der Waals surface area (Å²) in [5.74, 6) is -3.00. The minimum atomic E-state index is -0.730. The summed E-state index contributed by atoms with van der Waals surface area (Å²) in [6, 6.07) is 13.5. The number of ether oxygens (including phenoxy) is 1. The fourth-order valence-electron chi connectivity index (χ4n) is 5.73. The number of hydrogen-bond acceptors (Lipinski definition) is 5. The molecule has 2 aliphatic carbocycles. The van der Waals surface area contributed by atoms with Gasteiger partial charge in [-0.05, 0) is 54.5 Å². The van der Waals surface area contributed by atoms with Gasteiger partial charge < -0.3 is 10.1 Å². The van der Waals surface area contributed by atoms with Crippen LogP contribution in [0.3, 0.4) is 0 Å². The van der Waals surface area contributed by atoms with E-state index in [1.807, 2.05) is 25.1 Å². The van der Waals surface area contributed by atoms with Crippen LogP contribution in [0.5, 0.6) is 0 Å². The van der Waals surface area contributed by atoms with E-state index in [1.165, 1.54) is 12.1 Å². The number of amides is 3. The van der Waals surface area contributed by atoms with Crippen LogP contribution in [0, 0.1) is 23.7 Å². The Morgan fingerprint density at radius 1 is 1.00 bits per heavy atom. The highest BCUT2D eigenvalue weighted by Crippen LogP contribution is 2.59. The number of carbonyl (C=O) groups excluding carboxylic acids is 4. The molecule has 3 amide bonds. The van der Waals surface area contributed by atoms with E-state index in [2.05, 4.69) is 5.32 Å². The van der Waals surface area contributed by atoms with E-state index in [9.17, 15) is 19.2 Å². The highest BCUT2D eigenvalue weighted by Gasteiger charge is 2.66. The monoisotopic (exact) mass is 514 g/mol. The smallest absolute Gasteiger partial charge is 0.338 e. The average Bonchev–Trinajstić information content (AvgIpc) is 3.47. The van der Waals surface area contributed by atoms with E-state index >= 15 is 0 Å². The summed E-state index contributed by atoms with van der Waals surface area (Å²) in [5, 5.41) is 2.07. The maximum Gasteiger partial charge on any atom is 0.338 e. The van der Waals surface area contributed by atoms with Crippen LogP contribution in [0.4, 0.5) is 11.4 Å². The van der Waals surface area contributed by atoms with Gasteiger partial charge in [0.05, 0.1) is 33.8 Å². The van der Waals surface area contributed by atoms with Crippen LogP contribution in [0.2, 0.25) is 0 Å². The van der Waals surface area contributed by atoms with Crippen molar-refractivity contribution in [3.63, 3.8) is 0 Å². The Kier molecular flexibility index (Phi) is 6.32. The van der Waals surface area contributed by atoms with Crippen molar-refractivity contribution in [1.29, 1.82) is 0 Å². The Hall–Kier alpha value is -2.90. The predicted molar refractivity (Wildman–Crippen MR) is 132 cm³/mol. The number of fused-ring (bicyclic) bond motifs is 5. The second-order valence-electron chi connectivity index (χ2n) is 9.20. The number of carbonyl (C=O) groups is 4. The first-order valence-electron chi connectivity index (χ1n) is 11.6. The zero-order valence-electron chi connectivity index (χ0n) is 18.9. The molecule has 2 saturated carbocycles. The van der Waals surface area contributed by atoms with Crippen LogP contribution in [-0.4, -0.2) is 41.1 Å². The number of benzene rings is 2. The number of aryl methyl sites for hydroxylation is 1. The summed E-state index contributed by atoms with van der Waals surface area (Å²) < 4.78 is 5.18. The molecule has 1 N–H and O–H groups in total. The normalized spacial score (nSPS) is 28.8. The average molecular weight is 515 g/mol. The predicted octanol–water partition coefficient (Wildman–Crippen LogP) is 4.01. The number of nitrogens with zero attached hydrogens (tertiary/aromatic N) is 1. The maximum absolute atomic E-state index is 13.2. The molecule has 182 valence electrons. The lowest BCUT2D eigenvalue weighted by molar-refractivity contribution is -0.123. The standard InChI is InChI=1S/C26H24Cl2N2O5/c1-2-13-6-3-4-9-18(13)29-19(31)12-35-26(34)14-7-5-8-15(10-14)30-24(32)20-16-11-17(21(20)25(30)33)23(28)22(16)27/h3-10,16-17,20-23H,2,11-12H2,1H3,(H,29,31)/t16-,17-,20-,21+,22+,23+/m1/s1. The second kappa shape index (κ2) is 9.28. The number of hydrogen-bond donors (Lipinski definition) is 1. The van der Waals surface area contributed by atoms with E-state index in [0.29, 0.717) is 17.8 Å². The lowest BCUT2D eigenvalue weighted by Crippen LogP contribution is -2.37. The highest BCUT2D eigenvalue weighted by atomic mass is 35.5. The van der Waals surface area contributed by atoms with Gasteiger partial charge >= 0.3 is 5.97 Å². The van der Waals surface area contributed by atoms with Crippen molar-refractivity contribution in [2.45, 2.75) is 30.5 Å². The zero-order valence-corrected chi connectivity index (χ0v) is 20.5. The first-order chi connectivity index (χ1) is 16.8. The molecule has 2 bridgehead atoms. The van der Waals surface area contributed by atoms with Crippen LogP contribution in [0.25, 0.3) is 0 Å². The van der Waals surface area contributed by atoms with Gasteiger partial charge in [0, 0.05) is 5.69 Å². The largest absolute Gasteiger partial charge is 0.452 e. The fraction of sp³-hybridized carbons (Fsp3) is 0.385. The van der Waals surface area contributed by atoms with Gasteiger partial charge in [0.25, 0.3) is 5.91 Å². The summed E-state index contributed by atoms with van der Waals surface area (Å²) in [5.41, 5.74) is 2.07. The van der Waals surface area contributed by atoms with Crippen molar-refractivity contribution < 1.29 is 23.9 Å². The molecule has 5 rings (SSSR count). The van der Waals surface area contributed by atoms with Crippen molar-refractivity contribution >= 4 is 58.3 Å². The number of nitrogens with one attached hydrogen (secondary N) is 1. The van der Waals surface area contributed by atoms with Crippen LogP contribution in [0.1, 0.15) is 29.3 Å². The Morgan fingerprint density at radius 3 is 2.31 bits per heavy atom. The number of esters is 1. The highest BCUT2D eigenvalue weighted by molar-refractivity contribution is 6.32. The molecule has 35 heavy (non-hydrogen) atoms. The van der Waals surface area contributed by atoms with Gasteiger partial charge in [-0.15, -0.1) is 23.2 Å². The number of anilines is 2. The molecule has 0 radical (unpaired) electrons. The third-order valence-electron chi connectivity index (χ3n) is 7.33. The number of alkyl halides is 2. The van der Waals surface area contributed by atoms with E-state index < -0.39 is 30.3 Å². The first kappa shape index (κ1) is 23.8. The van der Waals surface area contributed by atoms with Gasteiger partial charge in [0.2, 0.25) is 11.8 Å². The topological polar surface area (TPSA) is 92.8 Å². The van der Waals surface area contributed by atoms with Gasteiger partial charge in [0.1, 0.15) is 0 Å². The van der Waals surface area contributed by atoms with Crippen molar-refractivity contribution in [3.05, 3.63) is 59.7 Å². The summed E-state index contributed by atoms with van der Waals surface area (Å²) >= 11 is 12.8. The number of rotatable bonds is 6. The summed E-state index contributed by atoms with van der Waals surface area (Å²) in [6.07, 6.45) is 1.43. The lowest BCUT2D eigenvalue weighted by atomic mass is 9.80. The molecule has 1 heterocycles. The van der Waals surface area contributed by atoms with Gasteiger partial charge in [0.15, 0.2) is 6.61 Å². The molecule has 3 aliphatic rings. The molecule has 7 nitrogen and oxygen atoms in total. The SMILES string of the molecule is CCc1ccccc1NC(=O)COC(=O)c1cccc(N2C(=O)[C@@H]3[C@H]4C[C@@H]([C@H](Cl)[C@H]4Cl)[C@@H]3C2=O)c1. The van der Waals surface area contributed by atoms with Gasteiger partial charge in [-0.1, -0.05) is 31.2 Å². The zero-order chi connectivity index (χ0) is 24.9. The molecule has 1 aliphatic heterocycles. The number of halogens is 2. The molecule has 0 aromatic heterocycles. The van der Waals surface area contributed by atoms with Crippen molar-refractivity contribution in [2.75, 3.05) is 16.8 Å². The number of imide groups is 1. The van der Waals surface area contributed by atoms with Gasteiger partial charge in [-0.2, -0.15) is 0 Å². The second-order valence-corrected chi connectivity index (χ2v) is 10.2. The van der Waals surface area contributed by atoms with Gasteiger partial charge in [-0.3, -0.25) is 19.3 Å². The third-order valence-corrected chi connectivity index (χ3v) is 8.65. The minimum absolute atomic E-state index is 0.125. The summed E-state index contributed by atoms with van der Waals surface area (Å²) in [7, 11) is 0. The van der Waals surface area contributed by atoms with Crippen molar-refractivity contribution in [3.8, 4) is 0 Å². The molecule has 0 spiro atoms. The Balaban J connectivity index is 1.26. The minimum Gasteiger partial charge on any atom is -0.452 e. The van der Waals surface area contributed by atoms with E-state index in [4.69, 9.17) is 27.9 Å². The first-order valence-corrected chi connectivity index (χ1v) is 12.5. The van der Waals surface area contributed by atoms with E-state index in [0.717, 1.165) is 16.9 Å². The van der Waals surface area contributed by atoms with Crippen molar-refractivity contribution in [2.24, 2.45) is 23.7 Å². The number of para-hydroxylation sites is 1. The van der Waals surface area contributed by atoms with Crippen LogP contribution >= 0.6 is 23.2 Å². The van der Waals surface area contributed by atoms with Crippen LogP contribution in [-0.2, 0) is 25.5 Å². The van der Waals surface area contributed by atoms with Crippen molar-refractivity contribution in [1.82, 2.24) is 0 Å². The quantitative estimate of drug-likeness (QED) is 0.357. The molecule has 6 atom stereocenters. The molecular formula is C26H24Cl2N2O5. The Bertz CT molecular complexity index is 1190. The van der Waals surface area contributed by atoms with Crippen LogP contribution in [0.15, 0.2) is 48.5 Å². The lowest BCUT2D eigenvalue weighted by Gasteiger charge is -2.28. The maximum atomic E-state index is 13.2. The molecule has 2 aromatic rings. The van der Waals surface area contributed by atoms with Crippen LogP contribution < -0.4 is 10.2 Å². The Labute approximate surface area is 212 Å². The summed E-state index contributed by atoms with van der Waals surface area (Å²) in [6.45, 7) is 1.51. The third kappa shape index (κ3) is 4.00. The molecule has 9 heteroatoms.